The average Bonchev–Trinajstić information content (AvgIpc) is 3.29. The number of carbonyl (C=O) groups is 2. The number of nitrogens with one attached hydrogen (secondary N) is 2. The molecule has 4 rings (SSSR count). The number of aromatic nitrogens is 2. The highest BCUT2D eigenvalue weighted by atomic mass is 16.2. The number of benzene rings is 2. The maximum absolute atomic E-state index is 13.8. The molecule has 0 spiro atoms. The fraction of sp³-hybridized carbons (Fsp3) is 0.531. The van der Waals surface area contributed by atoms with Gasteiger partial charge in [-0.1, -0.05) is 27.7 Å². The summed E-state index contributed by atoms with van der Waals surface area (Å²) in [7, 11) is 3.79. The molecule has 0 saturated carbocycles. The number of likely N-dealkylation sites (tertiary alicyclic amines) is 1. The van der Waals surface area contributed by atoms with Gasteiger partial charge in [-0.15, -0.1) is 0 Å². The SMILES string of the molecule is CNC(=O)c1ccc(Nc2nc3ccc(C(=O)N(CCC(C)C)CCC(C)C)cc3n2C2CCN(C)CC2)cc1. The summed E-state index contributed by atoms with van der Waals surface area (Å²) in [5.41, 5.74) is 4.05. The van der Waals surface area contributed by atoms with Gasteiger partial charge in [0.15, 0.2) is 0 Å². The summed E-state index contributed by atoms with van der Waals surface area (Å²) in [6.07, 6.45) is 4.01. The van der Waals surface area contributed by atoms with E-state index in [-0.39, 0.29) is 17.9 Å². The Morgan fingerprint density at radius 2 is 1.55 bits per heavy atom. The van der Waals surface area contributed by atoms with Crippen molar-refractivity contribution in [3.8, 4) is 0 Å². The van der Waals surface area contributed by atoms with Crippen LogP contribution in [-0.4, -0.2) is 71.4 Å². The molecule has 1 fully saturated rings. The quantitative estimate of drug-likeness (QED) is 0.311. The monoisotopic (exact) mass is 546 g/mol. The third kappa shape index (κ3) is 7.22. The molecule has 40 heavy (non-hydrogen) atoms. The summed E-state index contributed by atoms with van der Waals surface area (Å²) < 4.78 is 2.29. The van der Waals surface area contributed by atoms with Crippen LogP contribution in [0.4, 0.5) is 11.6 Å². The molecule has 2 aromatic carbocycles. The van der Waals surface area contributed by atoms with Gasteiger partial charge >= 0.3 is 0 Å². The number of rotatable bonds is 11. The number of hydrogen-bond donors (Lipinski definition) is 2. The highest BCUT2D eigenvalue weighted by Gasteiger charge is 2.25. The number of imidazole rings is 1. The second-order valence-corrected chi connectivity index (χ2v) is 12.0. The molecule has 0 aliphatic carbocycles. The van der Waals surface area contributed by atoms with E-state index >= 15 is 0 Å². The summed E-state index contributed by atoms with van der Waals surface area (Å²) in [4.78, 5) is 35.1. The molecule has 3 aromatic rings. The first kappa shape index (κ1) is 29.6. The molecule has 0 atom stereocenters. The molecular formula is C32H46N6O2. The number of fused-ring (bicyclic) bond motifs is 1. The van der Waals surface area contributed by atoms with Gasteiger partial charge in [0.25, 0.3) is 11.8 Å². The van der Waals surface area contributed by atoms with Gasteiger partial charge in [0, 0.05) is 43.0 Å². The van der Waals surface area contributed by atoms with Crippen molar-refractivity contribution < 1.29 is 9.59 Å². The predicted octanol–water partition coefficient (Wildman–Crippen LogP) is 5.94. The Kier molecular flexibility index (Phi) is 9.85. The van der Waals surface area contributed by atoms with Crippen LogP contribution in [0.25, 0.3) is 11.0 Å². The minimum atomic E-state index is -0.113. The minimum Gasteiger partial charge on any atom is -0.355 e. The van der Waals surface area contributed by atoms with E-state index in [1.54, 1.807) is 7.05 Å². The van der Waals surface area contributed by atoms with Gasteiger partial charge < -0.3 is 25.0 Å². The first-order valence-electron chi connectivity index (χ1n) is 14.7. The Morgan fingerprint density at radius 1 is 0.950 bits per heavy atom. The van der Waals surface area contributed by atoms with Gasteiger partial charge in [0.1, 0.15) is 0 Å². The fourth-order valence-corrected chi connectivity index (χ4v) is 5.24. The van der Waals surface area contributed by atoms with E-state index in [0.717, 1.165) is 80.1 Å². The van der Waals surface area contributed by atoms with Crippen LogP contribution in [0.3, 0.4) is 0 Å². The summed E-state index contributed by atoms with van der Waals surface area (Å²) in [6.45, 7) is 12.4. The molecule has 1 saturated heterocycles. The number of piperidine rings is 1. The van der Waals surface area contributed by atoms with Gasteiger partial charge in [0.05, 0.1) is 11.0 Å². The second kappa shape index (κ2) is 13.3. The van der Waals surface area contributed by atoms with E-state index in [1.165, 1.54) is 0 Å². The Morgan fingerprint density at radius 3 is 2.12 bits per heavy atom. The highest BCUT2D eigenvalue weighted by Crippen LogP contribution is 2.33. The number of hydrogen-bond acceptors (Lipinski definition) is 5. The zero-order valence-corrected chi connectivity index (χ0v) is 25.0. The summed E-state index contributed by atoms with van der Waals surface area (Å²) in [5.74, 6) is 1.83. The van der Waals surface area contributed by atoms with Crippen LogP contribution in [0.2, 0.25) is 0 Å². The lowest BCUT2D eigenvalue weighted by Crippen LogP contribution is -2.34. The maximum atomic E-state index is 13.8. The number of anilines is 2. The lowest BCUT2D eigenvalue weighted by Gasteiger charge is -2.31. The molecule has 216 valence electrons. The van der Waals surface area contributed by atoms with Crippen molar-refractivity contribution in [2.45, 2.75) is 59.4 Å². The number of nitrogens with zero attached hydrogens (tertiary/aromatic N) is 4. The van der Waals surface area contributed by atoms with E-state index in [4.69, 9.17) is 4.98 Å². The van der Waals surface area contributed by atoms with Crippen LogP contribution in [0, 0.1) is 11.8 Å². The number of amides is 2. The summed E-state index contributed by atoms with van der Waals surface area (Å²) in [5, 5.41) is 6.16. The van der Waals surface area contributed by atoms with Crippen molar-refractivity contribution >= 4 is 34.5 Å². The molecule has 0 bridgehead atoms. The molecule has 1 aromatic heterocycles. The first-order chi connectivity index (χ1) is 19.2. The zero-order chi connectivity index (χ0) is 28.8. The van der Waals surface area contributed by atoms with E-state index in [2.05, 4.69) is 54.8 Å². The van der Waals surface area contributed by atoms with E-state index < -0.39 is 0 Å². The van der Waals surface area contributed by atoms with Gasteiger partial charge in [-0.2, -0.15) is 0 Å². The van der Waals surface area contributed by atoms with E-state index in [0.29, 0.717) is 17.4 Å². The Bertz CT molecular complexity index is 1280. The van der Waals surface area contributed by atoms with Crippen molar-refractivity contribution in [2.24, 2.45) is 11.8 Å². The molecule has 0 radical (unpaired) electrons. The van der Waals surface area contributed by atoms with E-state index in [1.807, 2.05) is 47.4 Å². The molecule has 2 heterocycles. The van der Waals surface area contributed by atoms with Crippen LogP contribution in [0.15, 0.2) is 42.5 Å². The van der Waals surface area contributed by atoms with Crippen LogP contribution in [0.1, 0.15) is 80.1 Å². The molecule has 8 heteroatoms. The zero-order valence-electron chi connectivity index (χ0n) is 25.0. The Balaban J connectivity index is 1.69. The van der Waals surface area contributed by atoms with E-state index in [9.17, 15) is 9.59 Å². The maximum Gasteiger partial charge on any atom is 0.253 e. The first-order valence-corrected chi connectivity index (χ1v) is 14.7. The Labute approximate surface area is 239 Å². The van der Waals surface area contributed by atoms with Crippen LogP contribution < -0.4 is 10.6 Å². The topological polar surface area (TPSA) is 82.5 Å². The predicted molar refractivity (Wildman–Crippen MR) is 163 cm³/mol. The molecule has 1 aliphatic rings. The van der Waals surface area contributed by atoms with Crippen molar-refractivity contribution in [1.29, 1.82) is 0 Å². The fourth-order valence-electron chi connectivity index (χ4n) is 5.24. The smallest absolute Gasteiger partial charge is 0.253 e. The molecule has 0 unspecified atom stereocenters. The molecule has 8 nitrogen and oxygen atoms in total. The minimum absolute atomic E-state index is 0.0960. The Hall–Kier alpha value is -3.39. The van der Waals surface area contributed by atoms with Gasteiger partial charge in [0.2, 0.25) is 5.95 Å². The van der Waals surface area contributed by atoms with Gasteiger partial charge in [-0.3, -0.25) is 9.59 Å². The van der Waals surface area contributed by atoms with Crippen molar-refractivity contribution in [3.63, 3.8) is 0 Å². The van der Waals surface area contributed by atoms with Gasteiger partial charge in [-0.25, -0.2) is 4.98 Å². The normalized spacial score (nSPS) is 14.7. The molecule has 2 N–H and O–H groups in total. The lowest BCUT2D eigenvalue weighted by molar-refractivity contribution is 0.0740. The lowest BCUT2D eigenvalue weighted by atomic mass is 10.0. The van der Waals surface area contributed by atoms with Crippen LogP contribution in [0.5, 0.6) is 0 Å². The molecule has 2 amide bonds. The third-order valence-corrected chi connectivity index (χ3v) is 7.86. The summed E-state index contributed by atoms with van der Waals surface area (Å²) in [6, 6.07) is 13.6. The average molecular weight is 547 g/mol. The van der Waals surface area contributed by atoms with Crippen molar-refractivity contribution in [1.82, 2.24) is 24.7 Å². The van der Waals surface area contributed by atoms with Crippen molar-refractivity contribution in [3.05, 3.63) is 53.6 Å². The highest BCUT2D eigenvalue weighted by molar-refractivity contribution is 5.98. The second-order valence-electron chi connectivity index (χ2n) is 12.0. The number of carbonyl (C=O) groups excluding carboxylic acids is 2. The van der Waals surface area contributed by atoms with Gasteiger partial charge in [-0.05, 0) is 100 Å². The molecule has 1 aliphatic heterocycles. The van der Waals surface area contributed by atoms with Crippen LogP contribution in [-0.2, 0) is 0 Å². The third-order valence-electron chi connectivity index (χ3n) is 7.86. The molecular weight excluding hydrogens is 500 g/mol. The van der Waals surface area contributed by atoms with Crippen LogP contribution >= 0.6 is 0 Å². The van der Waals surface area contributed by atoms with Crippen molar-refractivity contribution in [2.75, 3.05) is 45.6 Å². The standard InChI is InChI=1S/C32H46N6O2/c1-22(2)13-19-37(20-14-23(3)4)31(40)25-9-12-28-29(21-25)38(27-15-17-36(6)18-16-27)32(35-28)34-26-10-7-24(8-11-26)30(39)33-5/h7-12,21-23,27H,13-20H2,1-6H3,(H,33,39)(H,34,35). The summed E-state index contributed by atoms with van der Waals surface area (Å²) >= 11 is 0. The largest absolute Gasteiger partial charge is 0.355 e.